The summed E-state index contributed by atoms with van der Waals surface area (Å²) in [5.74, 6) is -1.98. The van der Waals surface area contributed by atoms with E-state index in [-0.39, 0.29) is 11.0 Å². The number of nitriles is 1. The average Bonchev–Trinajstić information content (AvgIpc) is 3.08. The number of benzene rings is 1. The molecular weight excluding hydrogens is 318 g/mol. The van der Waals surface area contributed by atoms with Gasteiger partial charge in [0, 0.05) is 26.2 Å². The van der Waals surface area contributed by atoms with Crippen LogP contribution < -0.4 is 4.90 Å². The highest BCUT2D eigenvalue weighted by molar-refractivity contribution is 5.84. The van der Waals surface area contributed by atoms with E-state index in [0.29, 0.717) is 24.6 Å². The molecule has 122 valence electrons. The maximum absolute atomic E-state index is 14.4. The van der Waals surface area contributed by atoms with E-state index in [1.807, 2.05) is 11.9 Å². The molecule has 8 nitrogen and oxygen atoms in total. The van der Waals surface area contributed by atoms with E-state index in [4.69, 9.17) is 5.26 Å². The predicted molar refractivity (Wildman–Crippen MR) is 80.4 cm³/mol. The second-order valence-electron chi connectivity index (χ2n) is 5.67. The lowest BCUT2D eigenvalue weighted by atomic mass is 10.2. The van der Waals surface area contributed by atoms with Gasteiger partial charge in [-0.25, -0.2) is 13.8 Å². The molecule has 0 spiro atoms. The van der Waals surface area contributed by atoms with Crippen molar-refractivity contribution in [2.24, 2.45) is 0 Å². The number of halogens is 2. The van der Waals surface area contributed by atoms with E-state index in [9.17, 15) is 8.78 Å². The zero-order chi connectivity index (χ0) is 16.8. The molecule has 1 aliphatic rings. The Morgan fingerprint density at radius 2 is 1.92 bits per heavy atom. The molecule has 0 saturated carbocycles. The summed E-state index contributed by atoms with van der Waals surface area (Å²) >= 11 is 0. The average molecular weight is 330 g/mol. The lowest BCUT2D eigenvalue weighted by molar-refractivity contribution is 0.312. The Morgan fingerprint density at radius 3 is 2.62 bits per heavy atom. The molecule has 0 aliphatic carbocycles. The minimum atomic E-state index is -1.21. The van der Waals surface area contributed by atoms with E-state index in [0.717, 1.165) is 13.1 Å². The van der Waals surface area contributed by atoms with Gasteiger partial charge in [-0.15, -0.1) is 5.10 Å². The van der Waals surface area contributed by atoms with Crippen LogP contribution in [0.5, 0.6) is 0 Å². The summed E-state index contributed by atoms with van der Waals surface area (Å²) in [6, 6.07) is 2.83. The third-order valence-corrected chi connectivity index (χ3v) is 4.20. The Labute approximate surface area is 134 Å². The fourth-order valence-electron chi connectivity index (χ4n) is 2.83. The second kappa shape index (κ2) is 5.31. The molecule has 0 N–H and O–H groups in total. The van der Waals surface area contributed by atoms with Gasteiger partial charge in [0.05, 0.1) is 11.1 Å². The third kappa shape index (κ3) is 2.05. The smallest absolute Gasteiger partial charge is 0.222 e. The van der Waals surface area contributed by atoms with Crippen molar-refractivity contribution in [2.75, 3.05) is 38.1 Å². The topological polar surface area (TPSA) is 86.2 Å². The van der Waals surface area contributed by atoms with Crippen LogP contribution in [0.3, 0.4) is 0 Å². The number of tetrazole rings is 1. The summed E-state index contributed by atoms with van der Waals surface area (Å²) < 4.78 is 29.6. The maximum Gasteiger partial charge on any atom is 0.222 e. The Kier molecular flexibility index (Phi) is 3.24. The number of anilines is 1. The minimum Gasteiger partial charge on any atom is -0.351 e. The molecule has 0 amide bonds. The maximum atomic E-state index is 14.4. The van der Waals surface area contributed by atoms with Crippen molar-refractivity contribution < 1.29 is 8.78 Å². The van der Waals surface area contributed by atoms with Crippen LogP contribution in [0.2, 0.25) is 0 Å². The molecule has 0 radical (unpaired) electrons. The van der Waals surface area contributed by atoms with E-state index in [2.05, 4.69) is 25.4 Å². The number of hydrogen-bond donors (Lipinski definition) is 0. The van der Waals surface area contributed by atoms with Crippen molar-refractivity contribution in [1.82, 2.24) is 29.9 Å². The molecule has 1 aliphatic heterocycles. The highest BCUT2D eigenvalue weighted by Crippen LogP contribution is 2.27. The molecule has 3 heterocycles. The molecular formula is C14H12F2N8. The van der Waals surface area contributed by atoms with Gasteiger partial charge in [0.2, 0.25) is 5.65 Å². The van der Waals surface area contributed by atoms with Gasteiger partial charge < -0.3 is 9.80 Å². The Morgan fingerprint density at radius 1 is 1.17 bits per heavy atom. The zero-order valence-electron chi connectivity index (χ0n) is 12.7. The van der Waals surface area contributed by atoms with Gasteiger partial charge in [0.15, 0.2) is 17.5 Å². The fraction of sp³-hybridized carbons (Fsp3) is 0.357. The first-order valence-corrected chi connectivity index (χ1v) is 7.33. The van der Waals surface area contributed by atoms with E-state index in [1.165, 1.54) is 10.6 Å². The van der Waals surface area contributed by atoms with Crippen molar-refractivity contribution in [3.63, 3.8) is 0 Å². The van der Waals surface area contributed by atoms with Gasteiger partial charge in [-0.2, -0.15) is 9.78 Å². The monoisotopic (exact) mass is 330 g/mol. The van der Waals surface area contributed by atoms with Crippen LogP contribution in [-0.4, -0.2) is 63.2 Å². The van der Waals surface area contributed by atoms with E-state index < -0.39 is 17.2 Å². The van der Waals surface area contributed by atoms with Gasteiger partial charge in [-0.3, -0.25) is 0 Å². The Hall–Kier alpha value is -2.93. The largest absolute Gasteiger partial charge is 0.351 e. The van der Waals surface area contributed by atoms with Crippen LogP contribution in [0.25, 0.3) is 16.7 Å². The molecule has 1 saturated heterocycles. The Balaban J connectivity index is 2.00. The van der Waals surface area contributed by atoms with Gasteiger partial charge in [-0.1, -0.05) is 0 Å². The molecule has 4 rings (SSSR count). The first-order valence-electron chi connectivity index (χ1n) is 7.33. The van der Waals surface area contributed by atoms with Crippen LogP contribution in [-0.2, 0) is 0 Å². The molecule has 10 heteroatoms. The highest BCUT2D eigenvalue weighted by Gasteiger charge is 2.24. The number of nitrogens with zero attached hydrogens (tertiary/aromatic N) is 8. The molecule has 2 aromatic heterocycles. The Bertz CT molecular complexity index is 984. The summed E-state index contributed by atoms with van der Waals surface area (Å²) in [4.78, 5) is 8.39. The summed E-state index contributed by atoms with van der Waals surface area (Å²) in [5, 5.41) is 20.4. The van der Waals surface area contributed by atoms with Crippen LogP contribution in [0.4, 0.5) is 14.6 Å². The molecule has 0 atom stereocenters. The van der Waals surface area contributed by atoms with E-state index in [1.54, 1.807) is 6.07 Å². The van der Waals surface area contributed by atoms with Crippen molar-refractivity contribution in [1.29, 1.82) is 5.26 Å². The van der Waals surface area contributed by atoms with Gasteiger partial charge >= 0.3 is 0 Å². The van der Waals surface area contributed by atoms with Crippen molar-refractivity contribution >= 4 is 22.5 Å². The van der Waals surface area contributed by atoms with Crippen molar-refractivity contribution in [3.05, 3.63) is 23.3 Å². The first kappa shape index (κ1) is 14.6. The van der Waals surface area contributed by atoms with Crippen molar-refractivity contribution in [3.8, 4) is 6.07 Å². The number of piperazine rings is 1. The fourth-order valence-corrected chi connectivity index (χ4v) is 2.83. The molecule has 1 fully saturated rings. The summed E-state index contributed by atoms with van der Waals surface area (Å²) in [7, 11) is 2.01. The number of likely N-dealkylation sites (N-methyl/N-ethyl adjacent to an activating group) is 1. The van der Waals surface area contributed by atoms with Crippen LogP contribution in [0, 0.1) is 23.0 Å². The summed E-state index contributed by atoms with van der Waals surface area (Å²) in [6.45, 7) is 2.99. The first-order chi connectivity index (χ1) is 11.6. The minimum absolute atomic E-state index is 0.156. The molecule has 24 heavy (non-hydrogen) atoms. The predicted octanol–water partition coefficient (Wildman–Crippen LogP) is 0.574. The number of rotatable bonds is 1. The number of hydrogen-bond acceptors (Lipinski definition) is 7. The van der Waals surface area contributed by atoms with Gasteiger partial charge in [0.25, 0.3) is 0 Å². The second-order valence-corrected chi connectivity index (χ2v) is 5.67. The van der Waals surface area contributed by atoms with Crippen LogP contribution in [0.15, 0.2) is 6.07 Å². The number of aromatic nitrogens is 5. The molecule has 0 bridgehead atoms. The van der Waals surface area contributed by atoms with E-state index >= 15 is 0 Å². The molecule has 0 unspecified atom stereocenters. The molecule has 1 aromatic carbocycles. The highest BCUT2D eigenvalue weighted by atomic mass is 19.2. The normalized spacial score (nSPS) is 16.0. The standard InChI is InChI=1S/C14H12F2N8/c1-22-2-4-23(5-3-22)13-14-19-20-21-24(14)9-6-8(7-17)10(15)11(16)12(9)18-13/h6H,2-5H2,1H3. The van der Waals surface area contributed by atoms with Gasteiger partial charge in [0.1, 0.15) is 11.6 Å². The zero-order valence-corrected chi connectivity index (χ0v) is 12.7. The quantitative estimate of drug-likeness (QED) is 0.645. The lowest BCUT2D eigenvalue weighted by Crippen LogP contribution is -2.45. The van der Waals surface area contributed by atoms with Crippen LogP contribution >= 0.6 is 0 Å². The van der Waals surface area contributed by atoms with Crippen LogP contribution in [0.1, 0.15) is 5.56 Å². The van der Waals surface area contributed by atoms with Gasteiger partial charge in [-0.05, 0) is 23.5 Å². The summed E-state index contributed by atoms with van der Waals surface area (Å²) in [6.07, 6.45) is 0. The number of fused-ring (bicyclic) bond motifs is 3. The van der Waals surface area contributed by atoms with Crippen molar-refractivity contribution in [2.45, 2.75) is 0 Å². The SMILES string of the molecule is CN1CCN(c2nc3c(F)c(F)c(C#N)cc3n3nnnc23)CC1. The summed E-state index contributed by atoms with van der Waals surface area (Å²) in [5.41, 5.74) is -0.101. The molecule has 3 aromatic rings. The third-order valence-electron chi connectivity index (χ3n) is 4.20. The lowest BCUT2D eigenvalue weighted by Gasteiger charge is -2.33.